The van der Waals surface area contributed by atoms with Gasteiger partial charge in [0.1, 0.15) is 0 Å². The van der Waals surface area contributed by atoms with E-state index >= 15 is 0 Å². The van der Waals surface area contributed by atoms with Gasteiger partial charge in [0.15, 0.2) is 0 Å². The lowest BCUT2D eigenvalue weighted by Gasteiger charge is -2.26. The average molecular weight is 477 g/mol. The first kappa shape index (κ1) is 17.8. The number of hydrogen-bond acceptors (Lipinski definition) is 2. The minimum Gasteiger partial charge on any atom is -0.398 e. The van der Waals surface area contributed by atoms with Crippen LogP contribution in [0.2, 0.25) is 0 Å². The van der Waals surface area contributed by atoms with Crippen LogP contribution in [0.4, 0.5) is 5.69 Å². The molecule has 1 aliphatic rings. The van der Waals surface area contributed by atoms with Gasteiger partial charge in [0, 0.05) is 26.4 Å². The van der Waals surface area contributed by atoms with Gasteiger partial charge in [0.2, 0.25) is 0 Å². The second-order valence-corrected chi connectivity index (χ2v) is 7.86. The average Bonchev–Trinajstić information content (AvgIpc) is 2.34. The standard InChI is InChI=1S/C13H17Br3N2.ClH/c14-9-1-3-11(4-2-9)18-7-8-5-10(15)6-12(16)13(8)17;/h5-6,9,11,18H,1-4,7,17H2;1H. The van der Waals surface area contributed by atoms with Crippen LogP contribution in [0.5, 0.6) is 0 Å². The first-order chi connectivity index (χ1) is 8.56. The van der Waals surface area contributed by atoms with E-state index in [0.29, 0.717) is 10.9 Å². The van der Waals surface area contributed by atoms with E-state index in [1.165, 1.54) is 25.7 Å². The van der Waals surface area contributed by atoms with Gasteiger partial charge in [-0.25, -0.2) is 0 Å². The third-order valence-electron chi connectivity index (χ3n) is 3.42. The molecule has 0 heterocycles. The third kappa shape index (κ3) is 5.20. The van der Waals surface area contributed by atoms with Crippen molar-refractivity contribution in [2.45, 2.75) is 43.1 Å². The number of nitrogen functional groups attached to an aromatic ring is 1. The lowest BCUT2D eigenvalue weighted by atomic mass is 9.95. The van der Waals surface area contributed by atoms with Crippen LogP contribution < -0.4 is 11.1 Å². The van der Waals surface area contributed by atoms with E-state index in [0.717, 1.165) is 26.7 Å². The number of rotatable bonds is 3. The maximum atomic E-state index is 6.07. The smallest absolute Gasteiger partial charge is 0.0504 e. The Morgan fingerprint density at radius 1 is 1.16 bits per heavy atom. The van der Waals surface area contributed by atoms with Crippen molar-refractivity contribution in [3.63, 3.8) is 0 Å². The summed E-state index contributed by atoms with van der Waals surface area (Å²) in [4.78, 5) is 0.709. The Morgan fingerprint density at radius 3 is 2.42 bits per heavy atom. The molecule has 0 bridgehead atoms. The topological polar surface area (TPSA) is 38.0 Å². The van der Waals surface area contributed by atoms with E-state index in [9.17, 15) is 0 Å². The number of hydrogen-bond donors (Lipinski definition) is 2. The Kier molecular flexibility index (Phi) is 7.69. The fraction of sp³-hybridized carbons (Fsp3) is 0.538. The molecule has 19 heavy (non-hydrogen) atoms. The van der Waals surface area contributed by atoms with Crippen molar-refractivity contribution in [3.8, 4) is 0 Å². The Morgan fingerprint density at radius 2 is 1.79 bits per heavy atom. The maximum Gasteiger partial charge on any atom is 0.0504 e. The molecule has 0 atom stereocenters. The molecule has 2 rings (SSSR count). The normalized spacial score (nSPS) is 22.9. The van der Waals surface area contributed by atoms with Crippen LogP contribution in [0.25, 0.3) is 0 Å². The fourth-order valence-corrected chi connectivity index (χ4v) is 4.14. The van der Waals surface area contributed by atoms with Crippen molar-refractivity contribution in [2.75, 3.05) is 5.73 Å². The van der Waals surface area contributed by atoms with Crippen molar-refractivity contribution >= 4 is 65.9 Å². The highest BCUT2D eigenvalue weighted by atomic mass is 79.9. The molecule has 1 saturated carbocycles. The molecule has 2 nitrogen and oxygen atoms in total. The second kappa shape index (κ2) is 8.23. The summed E-state index contributed by atoms with van der Waals surface area (Å²) < 4.78 is 2.02. The molecule has 0 amide bonds. The molecule has 1 aromatic rings. The number of alkyl halides is 1. The van der Waals surface area contributed by atoms with E-state index in [-0.39, 0.29) is 12.4 Å². The Labute approximate surface area is 146 Å². The molecule has 108 valence electrons. The van der Waals surface area contributed by atoms with Crippen molar-refractivity contribution < 1.29 is 0 Å². The van der Waals surface area contributed by atoms with Crippen molar-refractivity contribution in [3.05, 3.63) is 26.6 Å². The quantitative estimate of drug-likeness (QED) is 0.475. The van der Waals surface area contributed by atoms with Crippen molar-refractivity contribution in [1.82, 2.24) is 5.32 Å². The van der Waals surface area contributed by atoms with Crippen LogP contribution >= 0.6 is 60.2 Å². The van der Waals surface area contributed by atoms with Crippen LogP contribution in [-0.2, 0) is 6.54 Å². The number of benzene rings is 1. The van der Waals surface area contributed by atoms with Gasteiger partial charge in [-0.3, -0.25) is 0 Å². The molecule has 0 aliphatic heterocycles. The Bertz CT molecular complexity index is 421. The summed E-state index contributed by atoms with van der Waals surface area (Å²) in [6, 6.07) is 4.69. The molecule has 0 spiro atoms. The molecule has 0 radical (unpaired) electrons. The van der Waals surface area contributed by atoms with Crippen LogP contribution in [0.1, 0.15) is 31.2 Å². The number of nitrogens with two attached hydrogens (primary N) is 1. The first-order valence-corrected chi connectivity index (χ1v) is 8.67. The monoisotopic (exact) mass is 474 g/mol. The molecule has 3 N–H and O–H groups in total. The van der Waals surface area contributed by atoms with Gasteiger partial charge < -0.3 is 11.1 Å². The minimum atomic E-state index is 0. The summed E-state index contributed by atoms with van der Waals surface area (Å²) >= 11 is 10.7. The molecule has 0 unspecified atom stereocenters. The highest BCUT2D eigenvalue weighted by molar-refractivity contribution is 9.11. The molecule has 1 fully saturated rings. The first-order valence-electron chi connectivity index (χ1n) is 6.17. The van der Waals surface area contributed by atoms with Gasteiger partial charge in [0.25, 0.3) is 0 Å². The number of nitrogens with one attached hydrogen (secondary N) is 1. The third-order valence-corrected chi connectivity index (χ3v) is 5.45. The zero-order valence-corrected chi connectivity index (χ0v) is 16.0. The molecular weight excluding hydrogens is 459 g/mol. The Hall–Kier alpha value is 0.710. The predicted octanol–water partition coefficient (Wildman–Crippen LogP) is 5.01. The van der Waals surface area contributed by atoms with Crippen LogP contribution in [0, 0.1) is 0 Å². The SMILES string of the molecule is Cl.Nc1c(Br)cc(Br)cc1CNC1CCC(Br)CC1. The molecule has 0 aromatic heterocycles. The van der Waals surface area contributed by atoms with E-state index in [2.05, 4.69) is 59.2 Å². The van der Waals surface area contributed by atoms with Crippen LogP contribution in [0.15, 0.2) is 21.1 Å². The summed E-state index contributed by atoms with van der Waals surface area (Å²) in [6.45, 7) is 0.835. The predicted molar refractivity (Wildman–Crippen MR) is 95.3 cm³/mol. The van der Waals surface area contributed by atoms with E-state index in [1.807, 2.05) is 6.07 Å². The van der Waals surface area contributed by atoms with Crippen molar-refractivity contribution in [2.24, 2.45) is 0 Å². The summed E-state index contributed by atoms with van der Waals surface area (Å²) in [7, 11) is 0. The highest BCUT2D eigenvalue weighted by Gasteiger charge is 2.18. The van der Waals surface area contributed by atoms with E-state index in [1.54, 1.807) is 0 Å². The maximum absolute atomic E-state index is 6.07. The van der Waals surface area contributed by atoms with Gasteiger partial charge in [-0.05, 0) is 59.3 Å². The summed E-state index contributed by atoms with van der Waals surface area (Å²) in [5.41, 5.74) is 8.06. The molecule has 0 saturated heterocycles. The van der Waals surface area contributed by atoms with Crippen LogP contribution in [0.3, 0.4) is 0 Å². The van der Waals surface area contributed by atoms with Gasteiger partial charge in [-0.15, -0.1) is 12.4 Å². The minimum absolute atomic E-state index is 0. The zero-order valence-electron chi connectivity index (χ0n) is 10.5. The van der Waals surface area contributed by atoms with E-state index < -0.39 is 0 Å². The molecule has 1 aromatic carbocycles. The fourth-order valence-electron chi connectivity index (χ4n) is 2.30. The van der Waals surface area contributed by atoms with Gasteiger partial charge in [0.05, 0.1) is 5.69 Å². The van der Waals surface area contributed by atoms with Gasteiger partial charge in [-0.2, -0.15) is 0 Å². The van der Waals surface area contributed by atoms with E-state index in [4.69, 9.17) is 5.73 Å². The summed E-state index contributed by atoms with van der Waals surface area (Å²) in [6.07, 6.45) is 5.00. The number of anilines is 1. The summed E-state index contributed by atoms with van der Waals surface area (Å²) in [5.74, 6) is 0. The zero-order chi connectivity index (χ0) is 13.1. The van der Waals surface area contributed by atoms with Crippen molar-refractivity contribution in [1.29, 1.82) is 0 Å². The van der Waals surface area contributed by atoms with Gasteiger partial charge >= 0.3 is 0 Å². The molecule has 6 heteroatoms. The second-order valence-electron chi connectivity index (χ2n) is 4.79. The Balaban J connectivity index is 0.00000180. The van der Waals surface area contributed by atoms with Crippen LogP contribution in [-0.4, -0.2) is 10.9 Å². The summed E-state index contributed by atoms with van der Waals surface area (Å²) in [5, 5.41) is 3.61. The lowest BCUT2D eigenvalue weighted by molar-refractivity contribution is 0.381. The molecular formula is C13H18Br3ClN2. The molecule has 1 aliphatic carbocycles. The largest absolute Gasteiger partial charge is 0.398 e. The van der Waals surface area contributed by atoms with Gasteiger partial charge in [-0.1, -0.05) is 31.9 Å². The lowest BCUT2D eigenvalue weighted by Crippen LogP contribution is -2.33. The number of halogens is 4. The highest BCUT2D eigenvalue weighted by Crippen LogP contribution is 2.29.